The van der Waals surface area contributed by atoms with Gasteiger partial charge in [0.15, 0.2) is 5.11 Å². The minimum absolute atomic E-state index is 0.328. The first kappa shape index (κ1) is 16.1. The number of thiocarbonyl (C=S) groups is 1. The van der Waals surface area contributed by atoms with E-state index >= 15 is 0 Å². The highest BCUT2D eigenvalue weighted by atomic mass is 32.1. The van der Waals surface area contributed by atoms with Crippen LogP contribution in [0.1, 0.15) is 34.6 Å². The predicted molar refractivity (Wildman–Crippen MR) is 80.8 cm³/mol. The average molecular weight is 294 g/mol. The van der Waals surface area contributed by atoms with Gasteiger partial charge in [0.2, 0.25) is 0 Å². The van der Waals surface area contributed by atoms with Crippen molar-refractivity contribution in [2.24, 2.45) is 0 Å². The van der Waals surface area contributed by atoms with Crippen molar-refractivity contribution in [3.05, 3.63) is 35.4 Å². The number of esters is 1. The molecule has 1 aromatic carbocycles. The molecule has 0 aliphatic carbocycles. The van der Waals surface area contributed by atoms with Crippen LogP contribution in [0.2, 0.25) is 0 Å². The van der Waals surface area contributed by atoms with Gasteiger partial charge in [0.1, 0.15) is 0 Å². The fourth-order valence-corrected chi connectivity index (χ4v) is 2.02. The van der Waals surface area contributed by atoms with E-state index in [4.69, 9.17) is 12.2 Å². The van der Waals surface area contributed by atoms with Gasteiger partial charge in [-0.3, -0.25) is 10.1 Å². The van der Waals surface area contributed by atoms with Gasteiger partial charge in [-0.2, -0.15) is 0 Å². The number of benzene rings is 1. The van der Waals surface area contributed by atoms with Crippen LogP contribution in [0.3, 0.4) is 0 Å². The SMILES string of the molecule is CCN(CC)C(=S)NC(=O)c1cccc(C(=O)OC)c1. The first-order chi connectivity index (χ1) is 9.53. The number of methoxy groups -OCH3 is 1. The fourth-order valence-electron chi connectivity index (χ4n) is 1.66. The molecule has 0 aliphatic heterocycles. The molecule has 6 heteroatoms. The van der Waals surface area contributed by atoms with Gasteiger partial charge in [-0.15, -0.1) is 0 Å². The van der Waals surface area contributed by atoms with Crippen LogP contribution in [0, 0.1) is 0 Å². The molecule has 0 heterocycles. The summed E-state index contributed by atoms with van der Waals surface area (Å²) in [6, 6.07) is 6.31. The summed E-state index contributed by atoms with van der Waals surface area (Å²) in [5.74, 6) is -0.821. The van der Waals surface area contributed by atoms with E-state index in [0.29, 0.717) is 16.2 Å². The average Bonchev–Trinajstić information content (AvgIpc) is 2.47. The van der Waals surface area contributed by atoms with Gasteiger partial charge in [0, 0.05) is 18.7 Å². The topological polar surface area (TPSA) is 58.6 Å². The monoisotopic (exact) mass is 294 g/mol. The van der Waals surface area contributed by atoms with Gasteiger partial charge in [-0.05, 0) is 44.3 Å². The van der Waals surface area contributed by atoms with Crippen LogP contribution in [-0.4, -0.2) is 42.1 Å². The normalized spacial score (nSPS) is 9.75. The standard InChI is InChI=1S/C14H18N2O3S/c1-4-16(5-2)14(20)15-12(17)10-7-6-8-11(9-10)13(18)19-3/h6-9H,4-5H2,1-3H3,(H,15,17,20). The highest BCUT2D eigenvalue weighted by Gasteiger charge is 2.13. The maximum atomic E-state index is 12.1. The number of hydrogen-bond acceptors (Lipinski definition) is 4. The lowest BCUT2D eigenvalue weighted by molar-refractivity contribution is 0.0600. The minimum Gasteiger partial charge on any atom is -0.465 e. The molecule has 0 atom stereocenters. The summed E-state index contributed by atoms with van der Waals surface area (Å²) in [6.07, 6.45) is 0. The zero-order valence-electron chi connectivity index (χ0n) is 11.8. The van der Waals surface area contributed by atoms with E-state index in [1.165, 1.54) is 13.2 Å². The van der Waals surface area contributed by atoms with Crippen LogP contribution in [0.5, 0.6) is 0 Å². The van der Waals surface area contributed by atoms with Crippen molar-refractivity contribution in [3.8, 4) is 0 Å². The van der Waals surface area contributed by atoms with Crippen LogP contribution >= 0.6 is 12.2 Å². The second-order valence-electron chi connectivity index (χ2n) is 4.00. The van der Waals surface area contributed by atoms with Crippen LogP contribution in [-0.2, 0) is 4.74 Å². The molecule has 0 bridgehead atoms. The molecule has 1 amide bonds. The number of hydrogen-bond donors (Lipinski definition) is 1. The Morgan fingerprint density at radius 2 is 1.85 bits per heavy atom. The van der Waals surface area contributed by atoms with E-state index in [2.05, 4.69) is 10.1 Å². The van der Waals surface area contributed by atoms with Crippen molar-refractivity contribution in [1.82, 2.24) is 10.2 Å². The zero-order chi connectivity index (χ0) is 15.1. The highest BCUT2D eigenvalue weighted by molar-refractivity contribution is 7.80. The van der Waals surface area contributed by atoms with Crippen molar-refractivity contribution >= 4 is 29.2 Å². The summed E-state index contributed by atoms with van der Waals surface area (Å²) in [5.41, 5.74) is 0.691. The molecular weight excluding hydrogens is 276 g/mol. The molecular formula is C14H18N2O3S. The lowest BCUT2D eigenvalue weighted by Crippen LogP contribution is -2.42. The third kappa shape index (κ3) is 4.03. The number of nitrogens with zero attached hydrogens (tertiary/aromatic N) is 1. The quantitative estimate of drug-likeness (QED) is 0.678. The van der Waals surface area contributed by atoms with Gasteiger partial charge in [-0.1, -0.05) is 6.07 Å². The second kappa shape index (κ2) is 7.59. The van der Waals surface area contributed by atoms with Gasteiger partial charge in [0.05, 0.1) is 12.7 Å². The molecule has 0 radical (unpaired) electrons. The maximum Gasteiger partial charge on any atom is 0.337 e. The summed E-state index contributed by atoms with van der Waals surface area (Å²) >= 11 is 5.16. The fraction of sp³-hybridized carbons (Fsp3) is 0.357. The molecule has 108 valence electrons. The van der Waals surface area contributed by atoms with Crippen molar-refractivity contribution < 1.29 is 14.3 Å². The highest BCUT2D eigenvalue weighted by Crippen LogP contribution is 2.07. The summed E-state index contributed by atoms with van der Waals surface area (Å²) in [6.45, 7) is 5.36. The Kier molecular flexibility index (Phi) is 6.11. The van der Waals surface area contributed by atoms with E-state index in [9.17, 15) is 9.59 Å². The number of ether oxygens (including phenoxy) is 1. The van der Waals surface area contributed by atoms with E-state index in [1.54, 1.807) is 18.2 Å². The first-order valence-corrected chi connectivity index (χ1v) is 6.72. The molecule has 0 spiro atoms. The summed E-state index contributed by atoms with van der Waals surface area (Å²) in [4.78, 5) is 25.4. The molecule has 0 saturated carbocycles. The zero-order valence-corrected chi connectivity index (χ0v) is 12.6. The predicted octanol–water partition coefficient (Wildman–Crippen LogP) is 1.83. The van der Waals surface area contributed by atoms with E-state index in [1.807, 2.05) is 18.7 Å². The van der Waals surface area contributed by atoms with Crippen LogP contribution in [0.25, 0.3) is 0 Å². The number of carbonyl (C=O) groups is 2. The summed E-state index contributed by atoms with van der Waals surface area (Å²) in [7, 11) is 1.30. The minimum atomic E-state index is -0.481. The Morgan fingerprint density at radius 1 is 1.25 bits per heavy atom. The molecule has 5 nitrogen and oxygen atoms in total. The number of amides is 1. The Labute approximate surface area is 123 Å². The van der Waals surface area contributed by atoms with E-state index in [-0.39, 0.29) is 5.91 Å². The molecule has 0 unspecified atom stereocenters. The second-order valence-corrected chi connectivity index (χ2v) is 4.39. The van der Waals surface area contributed by atoms with Crippen molar-refractivity contribution in [2.45, 2.75) is 13.8 Å². The number of rotatable bonds is 4. The molecule has 0 aromatic heterocycles. The molecule has 0 aliphatic rings. The molecule has 20 heavy (non-hydrogen) atoms. The Morgan fingerprint density at radius 3 is 2.40 bits per heavy atom. The molecule has 0 fully saturated rings. The lowest BCUT2D eigenvalue weighted by atomic mass is 10.1. The largest absolute Gasteiger partial charge is 0.465 e. The Balaban J connectivity index is 2.82. The molecule has 0 saturated heterocycles. The Hall–Kier alpha value is -1.95. The van der Waals surface area contributed by atoms with Gasteiger partial charge < -0.3 is 9.64 Å². The van der Waals surface area contributed by atoms with Crippen molar-refractivity contribution in [3.63, 3.8) is 0 Å². The summed E-state index contributed by atoms with van der Waals surface area (Å²) < 4.78 is 4.62. The molecule has 1 aromatic rings. The van der Waals surface area contributed by atoms with Crippen molar-refractivity contribution in [2.75, 3.05) is 20.2 Å². The molecule has 1 N–H and O–H groups in total. The summed E-state index contributed by atoms with van der Waals surface area (Å²) in [5, 5.41) is 3.03. The van der Waals surface area contributed by atoms with Gasteiger partial charge >= 0.3 is 5.97 Å². The first-order valence-electron chi connectivity index (χ1n) is 6.32. The Bertz CT molecular complexity index is 513. The van der Waals surface area contributed by atoms with Crippen LogP contribution in [0.15, 0.2) is 24.3 Å². The van der Waals surface area contributed by atoms with Crippen LogP contribution < -0.4 is 5.32 Å². The van der Waals surface area contributed by atoms with E-state index in [0.717, 1.165) is 13.1 Å². The van der Waals surface area contributed by atoms with Crippen molar-refractivity contribution in [1.29, 1.82) is 0 Å². The number of nitrogens with one attached hydrogen (secondary N) is 1. The smallest absolute Gasteiger partial charge is 0.337 e. The third-order valence-electron chi connectivity index (χ3n) is 2.82. The van der Waals surface area contributed by atoms with E-state index < -0.39 is 5.97 Å². The van der Waals surface area contributed by atoms with Gasteiger partial charge in [0.25, 0.3) is 5.91 Å². The van der Waals surface area contributed by atoms with Crippen LogP contribution in [0.4, 0.5) is 0 Å². The van der Waals surface area contributed by atoms with Gasteiger partial charge in [-0.25, -0.2) is 4.79 Å². The molecule has 1 rings (SSSR count). The third-order valence-corrected chi connectivity index (χ3v) is 3.18. The maximum absolute atomic E-state index is 12.1. The number of carbonyl (C=O) groups excluding carboxylic acids is 2. The lowest BCUT2D eigenvalue weighted by Gasteiger charge is -2.21.